The lowest BCUT2D eigenvalue weighted by atomic mass is 9.93. The molecule has 2 rings (SSSR count). The summed E-state index contributed by atoms with van der Waals surface area (Å²) in [4.78, 5) is 71.7. The van der Waals surface area contributed by atoms with Gasteiger partial charge in [-0.2, -0.15) is 0 Å². The summed E-state index contributed by atoms with van der Waals surface area (Å²) in [6.07, 6.45) is 0.738. The quantitative estimate of drug-likeness (QED) is 0.185. The average Bonchev–Trinajstić information content (AvgIpc) is 3.51. The van der Waals surface area contributed by atoms with E-state index in [0.29, 0.717) is 17.8 Å². The molecule has 0 bridgehead atoms. The number of aliphatic carboxylic acids is 1. The predicted octanol–water partition coefficient (Wildman–Crippen LogP) is 4.16. The lowest BCUT2D eigenvalue weighted by Gasteiger charge is -2.37. The molecule has 1 aromatic heterocycles. The van der Waals surface area contributed by atoms with E-state index in [4.69, 9.17) is 4.74 Å². The lowest BCUT2D eigenvalue weighted by molar-refractivity contribution is -0.149. The van der Waals surface area contributed by atoms with Crippen LogP contribution >= 0.6 is 11.3 Å². The first-order valence-corrected chi connectivity index (χ1v) is 17.3. The fourth-order valence-electron chi connectivity index (χ4n) is 5.49. The van der Waals surface area contributed by atoms with E-state index in [1.807, 2.05) is 58.0 Å². The van der Waals surface area contributed by atoms with Gasteiger partial charge >= 0.3 is 11.9 Å². The molecule has 1 heterocycles. The van der Waals surface area contributed by atoms with E-state index in [0.717, 1.165) is 5.56 Å². The number of nitrogens with zero attached hydrogens (tertiary/aromatic N) is 3. The van der Waals surface area contributed by atoms with Gasteiger partial charge in [-0.25, -0.2) is 4.98 Å². The van der Waals surface area contributed by atoms with E-state index < -0.39 is 48.0 Å². The molecule has 0 aliphatic heterocycles. The topological polar surface area (TPSA) is 158 Å². The number of aromatic nitrogens is 1. The second-order valence-corrected chi connectivity index (χ2v) is 14.1. The summed E-state index contributed by atoms with van der Waals surface area (Å²) in [5.74, 6) is -3.27. The molecule has 48 heavy (non-hydrogen) atoms. The van der Waals surface area contributed by atoms with Gasteiger partial charge < -0.3 is 30.3 Å². The first kappa shape index (κ1) is 40.3. The molecule has 0 fully saturated rings. The number of ether oxygens (including phenoxy) is 1. The number of carboxylic acids is 1. The normalized spacial score (nSPS) is 15.1. The molecule has 0 aliphatic carbocycles. The van der Waals surface area contributed by atoms with E-state index in [9.17, 15) is 29.1 Å². The monoisotopic (exact) mass is 687 g/mol. The molecule has 0 aliphatic rings. The van der Waals surface area contributed by atoms with Crippen molar-refractivity contribution >= 4 is 41.0 Å². The summed E-state index contributed by atoms with van der Waals surface area (Å²) < 4.78 is 5.72. The Morgan fingerprint density at radius 3 is 2.17 bits per heavy atom. The number of benzene rings is 1. The summed E-state index contributed by atoms with van der Waals surface area (Å²) in [5, 5.41) is 17.3. The van der Waals surface area contributed by atoms with Crippen molar-refractivity contribution in [2.75, 3.05) is 27.7 Å². The largest absolute Gasteiger partial charge is 0.481 e. The summed E-state index contributed by atoms with van der Waals surface area (Å²) in [7, 11) is 5.26. The molecule has 266 valence electrons. The van der Waals surface area contributed by atoms with Crippen LogP contribution in [0.25, 0.3) is 0 Å². The van der Waals surface area contributed by atoms with Crippen molar-refractivity contribution in [1.29, 1.82) is 0 Å². The van der Waals surface area contributed by atoms with Crippen molar-refractivity contribution in [3.8, 4) is 0 Å². The number of carbonyl (C=O) groups is 5. The number of nitrogens with one attached hydrogen (secondary N) is 2. The maximum absolute atomic E-state index is 13.9. The van der Waals surface area contributed by atoms with Crippen LogP contribution in [0.5, 0.6) is 0 Å². The molecule has 0 saturated heterocycles. The number of hydrogen-bond acceptors (Lipinski definition) is 9. The number of hydrogen-bond donors (Lipinski definition) is 3. The number of esters is 1. The summed E-state index contributed by atoms with van der Waals surface area (Å²) in [6.45, 7) is 10.9. The van der Waals surface area contributed by atoms with E-state index in [1.54, 1.807) is 43.2 Å². The maximum Gasteiger partial charge on any atom is 0.306 e. The van der Waals surface area contributed by atoms with Crippen molar-refractivity contribution in [2.45, 2.75) is 91.5 Å². The smallest absolute Gasteiger partial charge is 0.306 e. The number of carbonyl (C=O) groups excluding carboxylic acids is 4. The van der Waals surface area contributed by atoms with Gasteiger partial charge in [0.15, 0.2) is 6.10 Å². The van der Waals surface area contributed by atoms with Gasteiger partial charge in [-0.1, -0.05) is 71.4 Å². The van der Waals surface area contributed by atoms with Gasteiger partial charge in [0, 0.05) is 37.9 Å². The Kier molecular flexibility index (Phi) is 16.2. The minimum Gasteiger partial charge on any atom is -0.481 e. The third-order valence-corrected chi connectivity index (χ3v) is 9.32. The van der Waals surface area contributed by atoms with Gasteiger partial charge in [0.2, 0.25) is 11.8 Å². The molecular weight excluding hydrogens is 634 g/mol. The molecular formula is C35H53N5O7S. The van der Waals surface area contributed by atoms with Crippen molar-refractivity contribution < 1.29 is 33.8 Å². The highest BCUT2D eigenvalue weighted by molar-refractivity contribution is 7.09. The highest BCUT2D eigenvalue weighted by Gasteiger charge is 2.35. The summed E-state index contributed by atoms with van der Waals surface area (Å²) >= 11 is 1.17. The summed E-state index contributed by atoms with van der Waals surface area (Å²) in [6, 6.07) is 7.92. The molecule has 1 aromatic carbocycles. The third-order valence-electron chi connectivity index (χ3n) is 8.38. The first-order chi connectivity index (χ1) is 22.5. The number of thiazole rings is 1. The molecule has 1 unspecified atom stereocenters. The number of amides is 3. The van der Waals surface area contributed by atoms with E-state index in [2.05, 4.69) is 15.6 Å². The number of likely N-dealkylation sites (N-methyl/N-ethyl adjacent to an activating group) is 2. The molecule has 0 spiro atoms. The first-order valence-electron chi connectivity index (χ1n) is 16.4. The molecule has 0 radical (unpaired) electrons. The molecule has 12 nitrogen and oxygen atoms in total. The minimum absolute atomic E-state index is 0.0511. The second kappa shape index (κ2) is 19.2. The molecule has 3 amide bonds. The standard InChI is InChI=1S/C35H53N5O7S/c1-10-22(4)31(38-30(42)19-39(7)8)34(44)40(9)28(21(2)3)18-29(47-24(6)41)33-37-27(20-48-33)32(43)36-26(16-23(5)35(45)46)17-25-14-12-11-13-15-25/h11-15,20-23,26,28-29,31H,10,16-19H2,1-9H3,(H,36,43)(H,38,42)(H,45,46)/t22?,23-,26+,28+,29-,31-/m0/s1. The lowest BCUT2D eigenvalue weighted by Crippen LogP contribution is -2.55. The van der Waals surface area contributed by atoms with Crippen molar-refractivity contribution in [3.05, 3.63) is 52.0 Å². The van der Waals surface area contributed by atoms with Crippen LogP contribution in [0.3, 0.4) is 0 Å². The Balaban J connectivity index is 2.31. The van der Waals surface area contributed by atoms with Gasteiger partial charge in [-0.05, 0) is 44.3 Å². The van der Waals surface area contributed by atoms with Gasteiger partial charge in [0.05, 0.1) is 12.5 Å². The zero-order chi connectivity index (χ0) is 36.1. The van der Waals surface area contributed by atoms with Crippen LogP contribution in [0.15, 0.2) is 35.7 Å². The maximum atomic E-state index is 13.9. The molecule has 3 N–H and O–H groups in total. The van der Waals surface area contributed by atoms with Crippen LogP contribution in [-0.2, 0) is 30.3 Å². The average molecular weight is 688 g/mol. The van der Waals surface area contributed by atoms with Crippen molar-refractivity contribution in [2.24, 2.45) is 17.8 Å². The minimum atomic E-state index is -0.947. The van der Waals surface area contributed by atoms with Gasteiger partial charge in [-0.15, -0.1) is 11.3 Å². The van der Waals surface area contributed by atoms with E-state index in [-0.39, 0.29) is 48.7 Å². The zero-order valence-corrected chi connectivity index (χ0v) is 30.5. The third kappa shape index (κ3) is 12.6. The van der Waals surface area contributed by atoms with Crippen LogP contribution in [0, 0.1) is 17.8 Å². The molecule has 13 heteroatoms. The van der Waals surface area contributed by atoms with Crippen LogP contribution < -0.4 is 10.6 Å². The Morgan fingerprint density at radius 2 is 1.62 bits per heavy atom. The van der Waals surface area contributed by atoms with Crippen molar-refractivity contribution in [3.63, 3.8) is 0 Å². The highest BCUT2D eigenvalue weighted by atomic mass is 32.1. The number of carboxylic acid groups (broad SMARTS) is 1. The molecule has 2 aromatic rings. The fourth-order valence-corrected chi connectivity index (χ4v) is 6.33. The van der Waals surface area contributed by atoms with Crippen molar-refractivity contribution in [1.82, 2.24) is 25.4 Å². The SMILES string of the molecule is CCC(C)[C@H](NC(=O)CN(C)C)C(=O)N(C)[C@H](C[C@H](OC(C)=O)c1nc(C(=O)N[C@@H](Cc2ccccc2)C[C@H](C)C(=O)O)cs1)C(C)C. The van der Waals surface area contributed by atoms with Gasteiger partial charge in [-0.3, -0.25) is 24.0 Å². The Morgan fingerprint density at radius 1 is 0.979 bits per heavy atom. The molecule has 6 atom stereocenters. The zero-order valence-electron chi connectivity index (χ0n) is 29.7. The Hall–Kier alpha value is -3.84. The highest BCUT2D eigenvalue weighted by Crippen LogP contribution is 2.31. The van der Waals surface area contributed by atoms with Crippen LogP contribution in [0.4, 0.5) is 0 Å². The Labute approximate surface area is 288 Å². The number of rotatable bonds is 19. The Bertz CT molecular complexity index is 1370. The van der Waals surface area contributed by atoms with Crippen LogP contribution in [0.2, 0.25) is 0 Å². The van der Waals surface area contributed by atoms with Gasteiger partial charge in [0.25, 0.3) is 5.91 Å². The summed E-state index contributed by atoms with van der Waals surface area (Å²) in [5.41, 5.74) is 1.08. The van der Waals surface area contributed by atoms with E-state index >= 15 is 0 Å². The molecule has 0 saturated carbocycles. The van der Waals surface area contributed by atoms with Crippen LogP contribution in [-0.4, -0.2) is 95.4 Å². The van der Waals surface area contributed by atoms with Crippen LogP contribution in [0.1, 0.15) is 88.0 Å². The van der Waals surface area contributed by atoms with Gasteiger partial charge in [0.1, 0.15) is 16.7 Å². The predicted molar refractivity (Wildman–Crippen MR) is 185 cm³/mol. The second-order valence-electron chi connectivity index (χ2n) is 13.2. The van der Waals surface area contributed by atoms with E-state index in [1.165, 1.54) is 18.3 Å². The fraction of sp³-hybridized carbons (Fsp3) is 0.600.